The Morgan fingerprint density at radius 2 is 1.76 bits per heavy atom. The van der Waals surface area contributed by atoms with Crippen LogP contribution in [0.2, 0.25) is 0 Å². The molecular formula is C23H24F3N5O2. The molecule has 0 unspecified atom stereocenters. The van der Waals surface area contributed by atoms with Crippen LogP contribution in [-0.2, 0) is 12.7 Å². The standard InChI is InChI=1S/C23H24F3N5O2/c1-27-21(32)19-13-17-18(29-19)6-3-7-20(17)30-8-10-31(11-9-30)22(33)28-14-15-4-2-5-16(12-15)23(24,25)26/h2-7,12-13,29H,8-11,14H2,1H3,(H,27,32)(H,28,33). The number of alkyl halides is 3. The number of piperazine rings is 1. The summed E-state index contributed by atoms with van der Waals surface area (Å²) >= 11 is 0. The number of H-pyrrole nitrogens is 1. The zero-order valence-corrected chi connectivity index (χ0v) is 18.0. The number of hydrogen-bond acceptors (Lipinski definition) is 3. The minimum absolute atomic E-state index is 0.0217. The third kappa shape index (κ3) is 4.89. The van der Waals surface area contributed by atoms with Gasteiger partial charge in [-0.25, -0.2) is 4.79 Å². The van der Waals surface area contributed by atoms with E-state index in [0.717, 1.165) is 28.7 Å². The molecule has 0 radical (unpaired) electrons. The van der Waals surface area contributed by atoms with Crippen molar-refractivity contribution in [3.63, 3.8) is 0 Å². The first kappa shape index (κ1) is 22.5. The van der Waals surface area contributed by atoms with Gasteiger partial charge in [0.2, 0.25) is 0 Å². The highest BCUT2D eigenvalue weighted by Gasteiger charge is 2.30. The van der Waals surface area contributed by atoms with E-state index in [1.54, 1.807) is 18.0 Å². The highest BCUT2D eigenvalue weighted by atomic mass is 19.4. The van der Waals surface area contributed by atoms with E-state index in [2.05, 4.69) is 20.5 Å². The number of carbonyl (C=O) groups excluding carboxylic acids is 2. The average molecular weight is 459 g/mol. The molecule has 0 aliphatic carbocycles. The molecule has 33 heavy (non-hydrogen) atoms. The largest absolute Gasteiger partial charge is 0.416 e. The summed E-state index contributed by atoms with van der Waals surface area (Å²) in [5, 5.41) is 6.24. The molecule has 3 amide bonds. The lowest BCUT2D eigenvalue weighted by Gasteiger charge is -2.36. The minimum Gasteiger partial charge on any atom is -0.367 e. The van der Waals surface area contributed by atoms with Gasteiger partial charge >= 0.3 is 12.2 Å². The van der Waals surface area contributed by atoms with Crippen LogP contribution in [0.4, 0.5) is 23.7 Å². The molecule has 7 nitrogen and oxygen atoms in total. The Labute approximate surface area is 188 Å². The first-order valence-corrected chi connectivity index (χ1v) is 10.5. The second kappa shape index (κ2) is 9.05. The van der Waals surface area contributed by atoms with Crippen LogP contribution >= 0.6 is 0 Å². The van der Waals surface area contributed by atoms with E-state index in [0.29, 0.717) is 37.4 Å². The van der Waals surface area contributed by atoms with Crippen LogP contribution in [0.15, 0.2) is 48.5 Å². The third-order valence-electron chi connectivity index (χ3n) is 5.72. The molecule has 1 fully saturated rings. The van der Waals surface area contributed by atoms with Crippen molar-refractivity contribution in [3.05, 3.63) is 65.4 Å². The molecule has 0 atom stereocenters. The molecule has 10 heteroatoms. The van der Waals surface area contributed by atoms with Crippen molar-refractivity contribution in [2.45, 2.75) is 12.7 Å². The van der Waals surface area contributed by atoms with Gasteiger partial charge in [-0.05, 0) is 35.9 Å². The molecule has 3 N–H and O–H groups in total. The molecule has 2 aromatic carbocycles. The van der Waals surface area contributed by atoms with E-state index in [1.165, 1.54) is 6.07 Å². The van der Waals surface area contributed by atoms with Crippen molar-refractivity contribution in [1.29, 1.82) is 0 Å². The van der Waals surface area contributed by atoms with E-state index in [-0.39, 0.29) is 18.5 Å². The summed E-state index contributed by atoms with van der Waals surface area (Å²) in [7, 11) is 1.58. The second-order valence-electron chi connectivity index (χ2n) is 7.83. The number of fused-ring (bicyclic) bond motifs is 1. The van der Waals surface area contributed by atoms with Gasteiger partial charge in [0.25, 0.3) is 5.91 Å². The molecule has 2 heterocycles. The van der Waals surface area contributed by atoms with Crippen molar-refractivity contribution >= 4 is 28.5 Å². The number of anilines is 1. The summed E-state index contributed by atoms with van der Waals surface area (Å²) in [6, 6.07) is 12.2. The Hall–Kier alpha value is -3.69. The summed E-state index contributed by atoms with van der Waals surface area (Å²) in [6.07, 6.45) is -4.42. The number of halogens is 3. The van der Waals surface area contributed by atoms with Gasteiger partial charge in [0.15, 0.2) is 0 Å². The highest BCUT2D eigenvalue weighted by Crippen LogP contribution is 2.30. The lowest BCUT2D eigenvalue weighted by atomic mass is 10.1. The molecule has 0 bridgehead atoms. The Balaban J connectivity index is 1.37. The molecule has 1 aliphatic heterocycles. The van der Waals surface area contributed by atoms with Gasteiger partial charge < -0.3 is 25.4 Å². The maximum atomic E-state index is 12.9. The molecule has 0 spiro atoms. The first-order chi connectivity index (χ1) is 15.8. The van der Waals surface area contributed by atoms with E-state index in [1.807, 2.05) is 24.3 Å². The SMILES string of the molecule is CNC(=O)c1cc2c(N3CCN(C(=O)NCc4cccc(C(F)(F)F)c4)CC3)cccc2[nH]1. The molecule has 174 valence electrons. The number of carbonyl (C=O) groups is 2. The summed E-state index contributed by atoms with van der Waals surface area (Å²) in [6.45, 7) is 2.15. The van der Waals surface area contributed by atoms with Crippen LogP contribution in [0.3, 0.4) is 0 Å². The van der Waals surface area contributed by atoms with Crippen molar-refractivity contribution in [1.82, 2.24) is 20.5 Å². The minimum atomic E-state index is -4.42. The van der Waals surface area contributed by atoms with Gasteiger partial charge in [-0.1, -0.05) is 18.2 Å². The van der Waals surface area contributed by atoms with Crippen molar-refractivity contribution in [2.75, 3.05) is 38.1 Å². The van der Waals surface area contributed by atoms with Gasteiger partial charge in [-0.15, -0.1) is 0 Å². The normalized spacial score (nSPS) is 14.4. The molecule has 3 aromatic rings. The number of aromatic amines is 1. The monoisotopic (exact) mass is 459 g/mol. The number of rotatable bonds is 4. The Kier molecular flexibility index (Phi) is 6.17. The quantitative estimate of drug-likeness (QED) is 0.558. The van der Waals surface area contributed by atoms with E-state index in [4.69, 9.17) is 0 Å². The van der Waals surface area contributed by atoms with Gasteiger partial charge in [0.05, 0.1) is 5.56 Å². The Morgan fingerprint density at radius 3 is 2.45 bits per heavy atom. The van der Waals surface area contributed by atoms with E-state index >= 15 is 0 Å². The maximum absolute atomic E-state index is 12.9. The molecule has 0 saturated carbocycles. The topological polar surface area (TPSA) is 80.5 Å². The van der Waals surface area contributed by atoms with Gasteiger partial charge in [-0.2, -0.15) is 13.2 Å². The van der Waals surface area contributed by atoms with Crippen LogP contribution < -0.4 is 15.5 Å². The van der Waals surface area contributed by atoms with Crippen molar-refractivity contribution in [2.24, 2.45) is 0 Å². The molecule has 1 aliphatic rings. The maximum Gasteiger partial charge on any atom is 0.416 e. The fourth-order valence-electron chi connectivity index (χ4n) is 3.97. The number of urea groups is 1. The Morgan fingerprint density at radius 1 is 1.03 bits per heavy atom. The number of nitrogens with one attached hydrogen (secondary N) is 3. The van der Waals surface area contributed by atoms with Gasteiger partial charge in [0.1, 0.15) is 5.69 Å². The molecule has 1 saturated heterocycles. The van der Waals surface area contributed by atoms with Crippen LogP contribution in [0, 0.1) is 0 Å². The zero-order chi connectivity index (χ0) is 23.6. The Bertz CT molecular complexity index is 1170. The highest BCUT2D eigenvalue weighted by molar-refractivity contribution is 6.02. The lowest BCUT2D eigenvalue weighted by molar-refractivity contribution is -0.137. The molecule has 4 rings (SSSR count). The number of hydrogen-bond donors (Lipinski definition) is 3. The molecular weight excluding hydrogens is 435 g/mol. The lowest BCUT2D eigenvalue weighted by Crippen LogP contribution is -2.51. The van der Waals surface area contributed by atoms with Gasteiger partial charge in [-0.3, -0.25) is 4.79 Å². The average Bonchev–Trinajstić information content (AvgIpc) is 3.26. The number of aromatic nitrogens is 1. The fourth-order valence-corrected chi connectivity index (χ4v) is 3.97. The summed E-state index contributed by atoms with van der Waals surface area (Å²) < 4.78 is 38.6. The first-order valence-electron chi connectivity index (χ1n) is 10.5. The van der Waals surface area contributed by atoms with Crippen LogP contribution in [0.1, 0.15) is 21.6 Å². The predicted molar refractivity (Wildman–Crippen MR) is 119 cm³/mol. The number of nitrogens with zero attached hydrogens (tertiary/aromatic N) is 2. The number of benzene rings is 2. The third-order valence-corrected chi connectivity index (χ3v) is 5.72. The summed E-state index contributed by atoms with van der Waals surface area (Å²) in [4.78, 5) is 31.4. The van der Waals surface area contributed by atoms with E-state index in [9.17, 15) is 22.8 Å². The predicted octanol–water partition coefficient (Wildman–Crippen LogP) is 3.58. The van der Waals surface area contributed by atoms with Crippen molar-refractivity contribution in [3.8, 4) is 0 Å². The van der Waals surface area contributed by atoms with Crippen LogP contribution in [0.25, 0.3) is 10.9 Å². The fraction of sp³-hybridized carbons (Fsp3) is 0.304. The molecule has 1 aromatic heterocycles. The summed E-state index contributed by atoms with van der Waals surface area (Å²) in [5.74, 6) is -0.195. The smallest absolute Gasteiger partial charge is 0.367 e. The van der Waals surface area contributed by atoms with E-state index < -0.39 is 11.7 Å². The van der Waals surface area contributed by atoms with Crippen LogP contribution in [-0.4, -0.2) is 55.0 Å². The number of amides is 3. The second-order valence-corrected chi connectivity index (χ2v) is 7.83. The zero-order valence-electron chi connectivity index (χ0n) is 18.0. The van der Waals surface area contributed by atoms with Crippen molar-refractivity contribution < 1.29 is 22.8 Å². The van der Waals surface area contributed by atoms with Crippen LogP contribution in [0.5, 0.6) is 0 Å². The van der Waals surface area contributed by atoms with Gasteiger partial charge in [0, 0.05) is 56.4 Å². The summed E-state index contributed by atoms with van der Waals surface area (Å²) in [5.41, 5.74) is 1.96.